The molecule has 1 aliphatic rings. The fraction of sp³-hybridized carbons (Fsp3) is 0.417. The van der Waals surface area contributed by atoms with Gasteiger partial charge in [0.1, 0.15) is 5.75 Å². The molecular formula is C12H14O5S. The summed E-state index contributed by atoms with van der Waals surface area (Å²) in [6.07, 6.45) is 2.42. The van der Waals surface area contributed by atoms with Crippen LogP contribution in [0.25, 0.3) is 0 Å². The van der Waals surface area contributed by atoms with Crippen molar-refractivity contribution in [1.82, 2.24) is 0 Å². The van der Waals surface area contributed by atoms with Crippen LogP contribution in [-0.2, 0) is 20.0 Å². The first-order chi connectivity index (χ1) is 8.24. The Hall–Kier alpha value is -1.56. The predicted molar refractivity (Wildman–Crippen MR) is 64.4 cm³/mol. The van der Waals surface area contributed by atoms with E-state index >= 15 is 0 Å². The zero-order chi connectivity index (χ0) is 13.6. The average molecular weight is 270 g/mol. The number of phenols is 1. The molecule has 2 N–H and O–H groups in total. The van der Waals surface area contributed by atoms with Gasteiger partial charge in [0.05, 0.1) is 11.3 Å². The highest BCUT2D eigenvalue weighted by atomic mass is 32.2. The van der Waals surface area contributed by atoms with Gasteiger partial charge in [0, 0.05) is 17.2 Å². The summed E-state index contributed by atoms with van der Waals surface area (Å²) in [6.45, 7) is 0. The lowest BCUT2D eigenvalue weighted by Crippen LogP contribution is -2.13. The molecule has 1 fully saturated rings. The van der Waals surface area contributed by atoms with Crippen molar-refractivity contribution in [2.45, 2.75) is 29.6 Å². The first-order valence-corrected chi connectivity index (χ1v) is 7.39. The molecule has 1 aliphatic carbocycles. The van der Waals surface area contributed by atoms with Crippen LogP contribution < -0.4 is 0 Å². The van der Waals surface area contributed by atoms with Crippen molar-refractivity contribution in [1.29, 1.82) is 0 Å². The summed E-state index contributed by atoms with van der Waals surface area (Å²) in [5.74, 6) is -1.06. The minimum Gasteiger partial charge on any atom is -0.508 e. The van der Waals surface area contributed by atoms with Gasteiger partial charge in [0.25, 0.3) is 0 Å². The largest absolute Gasteiger partial charge is 0.508 e. The summed E-state index contributed by atoms with van der Waals surface area (Å²) in [5, 5.41) is 18.7. The lowest BCUT2D eigenvalue weighted by molar-refractivity contribution is -0.137. The maximum atomic E-state index is 11.3. The smallest absolute Gasteiger partial charge is 0.304 e. The van der Waals surface area contributed by atoms with Crippen LogP contribution >= 0.6 is 0 Å². The zero-order valence-corrected chi connectivity index (χ0v) is 10.7. The van der Waals surface area contributed by atoms with Crippen molar-refractivity contribution in [3.63, 3.8) is 0 Å². The van der Waals surface area contributed by atoms with Crippen molar-refractivity contribution < 1.29 is 23.4 Å². The quantitative estimate of drug-likeness (QED) is 0.860. The number of aromatic hydroxyl groups is 1. The monoisotopic (exact) mass is 270 g/mol. The highest BCUT2D eigenvalue weighted by molar-refractivity contribution is 7.90. The molecule has 0 atom stereocenters. The average Bonchev–Trinajstić information content (AvgIpc) is 2.95. The number of carboxylic acids is 1. The second-order valence-corrected chi connectivity index (χ2v) is 6.82. The van der Waals surface area contributed by atoms with Crippen LogP contribution in [0, 0.1) is 0 Å². The number of benzene rings is 1. The van der Waals surface area contributed by atoms with Gasteiger partial charge in [-0.25, -0.2) is 8.42 Å². The lowest BCUT2D eigenvalue weighted by Gasteiger charge is -2.15. The van der Waals surface area contributed by atoms with E-state index in [0.717, 1.165) is 6.26 Å². The van der Waals surface area contributed by atoms with E-state index in [9.17, 15) is 18.3 Å². The summed E-state index contributed by atoms with van der Waals surface area (Å²) in [7, 11) is -3.37. The van der Waals surface area contributed by atoms with E-state index < -0.39 is 21.2 Å². The van der Waals surface area contributed by atoms with Gasteiger partial charge in [-0.15, -0.1) is 0 Å². The molecule has 2 rings (SSSR count). The molecule has 1 aromatic carbocycles. The summed E-state index contributed by atoms with van der Waals surface area (Å²) in [4.78, 5) is 10.8. The van der Waals surface area contributed by atoms with E-state index in [1.54, 1.807) is 0 Å². The molecule has 6 heteroatoms. The van der Waals surface area contributed by atoms with Crippen LogP contribution in [-0.4, -0.2) is 30.9 Å². The highest BCUT2D eigenvalue weighted by Gasteiger charge is 2.47. The number of hydrogen-bond acceptors (Lipinski definition) is 4. The first-order valence-electron chi connectivity index (χ1n) is 5.50. The minimum atomic E-state index is -3.37. The third-order valence-corrected chi connectivity index (χ3v) is 4.42. The maximum absolute atomic E-state index is 11.3. The topological polar surface area (TPSA) is 91.7 Å². The van der Waals surface area contributed by atoms with Gasteiger partial charge in [-0.05, 0) is 25.0 Å². The molecule has 18 heavy (non-hydrogen) atoms. The Balaban J connectivity index is 2.40. The summed E-state index contributed by atoms with van der Waals surface area (Å²) in [6, 6.07) is 4.11. The standard InChI is InChI=1S/C12H14O5S/c1-18(16,17)8-2-3-9(10(13)6-8)12(4-5-12)7-11(14)15/h2-3,6,13H,4-5,7H2,1H3,(H,14,15). The number of carboxylic acid groups (broad SMARTS) is 1. The molecule has 98 valence electrons. The summed E-state index contributed by atoms with van der Waals surface area (Å²) >= 11 is 0. The van der Waals surface area contributed by atoms with Gasteiger partial charge in [-0.1, -0.05) is 6.07 Å². The molecule has 0 aliphatic heterocycles. The Kier molecular flexibility index (Phi) is 2.85. The molecule has 1 aromatic rings. The second kappa shape index (κ2) is 3.98. The Morgan fingerprint density at radius 2 is 2.00 bits per heavy atom. The molecule has 5 nitrogen and oxygen atoms in total. The fourth-order valence-electron chi connectivity index (χ4n) is 2.17. The van der Waals surface area contributed by atoms with E-state index in [1.165, 1.54) is 18.2 Å². The van der Waals surface area contributed by atoms with Crippen LogP contribution in [0.5, 0.6) is 5.75 Å². The number of rotatable bonds is 4. The van der Waals surface area contributed by atoms with Gasteiger partial charge in [0.2, 0.25) is 0 Å². The highest BCUT2D eigenvalue weighted by Crippen LogP contribution is 2.53. The Labute approximate surface area is 105 Å². The third-order valence-electron chi connectivity index (χ3n) is 3.31. The number of phenolic OH excluding ortho intramolecular Hbond substituents is 1. The van der Waals surface area contributed by atoms with Crippen LogP contribution in [0.4, 0.5) is 0 Å². The molecule has 0 aromatic heterocycles. The van der Waals surface area contributed by atoms with Crippen molar-refractivity contribution in [3.8, 4) is 5.75 Å². The van der Waals surface area contributed by atoms with Crippen molar-refractivity contribution in [2.24, 2.45) is 0 Å². The summed E-state index contributed by atoms with van der Waals surface area (Å²) < 4.78 is 22.7. The maximum Gasteiger partial charge on any atom is 0.304 e. The Morgan fingerprint density at radius 1 is 1.39 bits per heavy atom. The van der Waals surface area contributed by atoms with Crippen molar-refractivity contribution >= 4 is 15.8 Å². The molecule has 0 bridgehead atoms. The molecule has 0 heterocycles. The molecule has 1 saturated carbocycles. The lowest BCUT2D eigenvalue weighted by atomic mass is 9.92. The van der Waals surface area contributed by atoms with Crippen LogP contribution in [0.1, 0.15) is 24.8 Å². The van der Waals surface area contributed by atoms with E-state index in [0.29, 0.717) is 18.4 Å². The molecule has 0 amide bonds. The summed E-state index contributed by atoms with van der Waals surface area (Å²) in [5.41, 5.74) is 0.00340. The van der Waals surface area contributed by atoms with Gasteiger partial charge >= 0.3 is 5.97 Å². The molecule has 0 unspecified atom stereocenters. The zero-order valence-electron chi connectivity index (χ0n) is 9.88. The number of carbonyl (C=O) groups is 1. The van der Waals surface area contributed by atoms with Crippen molar-refractivity contribution in [2.75, 3.05) is 6.26 Å². The first kappa shape index (κ1) is 12.9. The van der Waals surface area contributed by atoms with Crippen LogP contribution in [0.15, 0.2) is 23.1 Å². The van der Waals surface area contributed by atoms with E-state index in [4.69, 9.17) is 5.11 Å². The minimum absolute atomic E-state index is 0.0369. The van der Waals surface area contributed by atoms with E-state index in [2.05, 4.69) is 0 Å². The number of hydrogen-bond donors (Lipinski definition) is 2. The van der Waals surface area contributed by atoms with Gasteiger partial charge in [-0.2, -0.15) is 0 Å². The number of aliphatic carboxylic acids is 1. The number of sulfone groups is 1. The Bertz CT molecular complexity index is 599. The molecule has 0 radical (unpaired) electrons. The SMILES string of the molecule is CS(=O)(=O)c1ccc(C2(CC(=O)O)CC2)c(O)c1. The van der Waals surface area contributed by atoms with Gasteiger partial charge in [-0.3, -0.25) is 4.79 Å². The van der Waals surface area contributed by atoms with Gasteiger partial charge in [0.15, 0.2) is 9.84 Å². The normalized spacial score (nSPS) is 17.4. The Morgan fingerprint density at radius 3 is 2.39 bits per heavy atom. The van der Waals surface area contributed by atoms with Crippen molar-refractivity contribution in [3.05, 3.63) is 23.8 Å². The molecule has 0 spiro atoms. The van der Waals surface area contributed by atoms with Crippen LogP contribution in [0.2, 0.25) is 0 Å². The third kappa shape index (κ3) is 2.33. The van der Waals surface area contributed by atoms with Crippen LogP contribution in [0.3, 0.4) is 0 Å². The molecular weight excluding hydrogens is 256 g/mol. The fourth-order valence-corrected chi connectivity index (χ4v) is 2.81. The molecule has 0 saturated heterocycles. The second-order valence-electron chi connectivity index (χ2n) is 4.80. The van der Waals surface area contributed by atoms with E-state index in [-0.39, 0.29) is 17.1 Å². The van der Waals surface area contributed by atoms with Gasteiger partial charge < -0.3 is 10.2 Å². The predicted octanol–water partition coefficient (Wildman–Crippen LogP) is 1.30. The van der Waals surface area contributed by atoms with E-state index in [1.807, 2.05) is 0 Å².